The normalized spacial score (nSPS) is 10.7. The van der Waals surface area contributed by atoms with Crippen LogP contribution in [0, 0.1) is 5.92 Å². The van der Waals surface area contributed by atoms with E-state index in [1.165, 1.54) is 0 Å². The first-order chi connectivity index (χ1) is 8.54. The lowest BCUT2D eigenvalue weighted by molar-refractivity contribution is 0.0666. The quantitative estimate of drug-likeness (QED) is 0.746. The van der Waals surface area contributed by atoms with Gasteiger partial charge in [0.15, 0.2) is 0 Å². The van der Waals surface area contributed by atoms with Gasteiger partial charge in [-0.3, -0.25) is 4.79 Å². The highest BCUT2D eigenvalue weighted by Gasteiger charge is 2.17. The molecule has 1 rings (SSSR count). The molecule has 0 saturated heterocycles. The maximum atomic E-state index is 12.3. The highest BCUT2D eigenvalue weighted by atomic mass is 35.5. The molecule has 0 aromatic carbocycles. The van der Waals surface area contributed by atoms with Crippen LogP contribution in [0.25, 0.3) is 0 Å². The fraction of sp³-hybridized carbons (Fsp3) is 0.538. The number of methoxy groups -OCH3 is 1. The molecule has 0 fully saturated rings. The number of ether oxygens (including phenoxy) is 1. The van der Waals surface area contributed by atoms with E-state index in [-0.39, 0.29) is 5.91 Å². The van der Waals surface area contributed by atoms with Crippen molar-refractivity contribution in [2.24, 2.45) is 5.92 Å². The summed E-state index contributed by atoms with van der Waals surface area (Å²) in [6.45, 7) is 5.88. The molecule has 0 aliphatic heterocycles. The second kappa shape index (κ2) is 7.34. The van der Waals surface area contributed by atoms with Crippen molar-refractivity contribution in [3.8, 4) is 0 Å². The molecule has 0 bridgehead atoms. The van der Waals surface area contributed by atoms with E-state index in [0.717, 1.165) is 0 Å². The first-order valence-corrected chi connectivity index (χ1v) is 6.33. The average molecular weight is 271 g/mol. The second-order valence-electron chi connectivity index (χ2n) is 4.48. The van der Waals surface area contributed by atoms with E-state index < -0.39 is 0 Å². The van der Waals surface area contributed by atoms with E-state index >= 15 is 0 Å². The molecule has 100 valence electrons. The van der Waals surface area contributed by atoms with Crippen molar-refractivity contribution in [1.82, 2.24) is 9.88 Å². The molecule has 0 saturated carbocycles. The first-order valence-electron chi connectivity index (χ1n) is 5.95. The molecule has 1 aromatic heterocycles. The minimum Gasteiger partial charge on any atom is -0.383 e. The Balaban J connectivity index is 2.80. The van der Waals surface area contributed by atoms with Gasteiger partial charge in [-0.2, -0.15) is 0 Å². The molecule has 1 aromatic rings. The third-order valence-electron chi connectivity index (χ3n) is 2.37. The van der Waals surface area contributed by atoms with Gasteiger partial charge in [-0.25, -0.2) is 4.98 Å². The lowest BCUT2D eigenvalue weighted by Crippen LogP contribution is -2.37. The highest BCUT2D eigenvalue weighted by molar-refractivity contribution is 6.29. The Labute approximate surface area is 113 Å². The lowest BCUT2D eigenvalue weighted by atomic mass is 10.2. The Morgan fingerprint density at radius 3 is 2.78 bits per heavy atom. The van der Waals surface area contributed by atoms with Crippen LogP contribution in [-0.2, 0) is 4.74 Å². The Morgan fingerprint density at radius 1 is 1.50 bits per heavy atom. The van der Waals surface area contributed by atoms with E-state index in [4.69, 9.17) is 16.3 Å². The molecule has 0 aliphatic carbocycles. The predicted octanol–water partition coefficient (Wildman–Crippen LogP) is 2.48. The topological polar surface area (TPSA) is 42.4 Å². The van der Waals surface area contributed by atoms with Crippen LogP contribution in [0.1, 0.15) is 24.3 Å². The molecule has 0 spiro atoms. The first kappa shape index (κ1) is 14.9. The van der Waals surface area contributed by atoms with Crippen molar-refractivity contribution in [1.29, 1.82) is 0 Å². The zero-order valence-electron chi connectivity index (χ0n) is 11.0. The van der Waals surface area contributed by atoms with Gasteiger partial charge in [0.05, 0.1) is 6.61 Å². The number of carbonyl (C=O) groups excluding carboxylic acids is 1. The van der Waals surface area contributed by atoms with Crippen molar-refractivity contribution < 1.29 is 9.53 Å². The smallest absolute Gasteiger partial charge is 0.272 e. The standard InChI is InChI=1S/C13H19ClN2O2/c1-10(2)9-16(7-8-18-3)13(17)11-5-4-6-12(14)15-11/h4-6,10H,7-9H2,1-3H3. The van der Waals surface area contributed by atoms with Crippen molar-refractivity contribution in [2.45, 2.75) is 13.8 Å². The van der Waals surface area contributed by atoms with Crippen LogP contribution < -0.4 is 0 Å². The maximum absolute atomic E-state index is 12.3. The average Bonchev–Trinajstić information content (AvgIpc) is 2.33. The third kappa shape index (κ3) is 4.63. The number of aromatic nitrogens is 1. The molecule has 0 unspecified atom stereocenters. The summed E-state index contributed by atoms with van der Waals surface area (Å²) >= 11 is 5.80. The minimum atomic E-state index is -0.108. The zero-order valence-corrected chi connectivity index (χ0v) is 11.8. The summed E-state index contributed by atoms with van der Waals surface area (Å²) in [6.07, 6.45) is 0. The molecule has 4 nitrogen and oxygen atoms in total. The van der Waals surface area contributed by atoms with E-state index in [0.29, 0.717) is 36.5 Å². The van der Waals surface area contributed by atoms with Gasteiger partial charge in [0.2, 0.25) is 0 Å². The van der Waals surface area contributed by atoms with Crippen LogP contribution in [0.2, 0.25) is 5.15 Å². The van der Waals surface area contributed by atoms with E-state index in [9.17, 15) is 4.79 Å². The lowest BCUT2D eigenvalue weighted by Gasteiger charge is -2.23. The molecule has 18 heavy (non-hydrogen) atoms. The molecule has 0 atom stereocenters. The monoisotopic (exact) mass is 270 g/mol. The van der Waals surface area contributed by atoms with Crippen LogP contribution in [-0.4, -0.2) is 42.6 Å². The maximum Gasteiger partial charge on any atom is 0.272 e. The van der Waals surface area contributed by atoms with Gasteiger partial charge in [0.25, 0.3) is 5.91 Å². The number of nitrogens with zero attached hydrogens (tertiary/aromatic N) is 2. The number of pyridine rings is 1. The molecule has 0 N–H and O–H groups in total. The van der Waals surface area contributed by atoms with Crippen LogP contribution in [0.15, 0.2) is 18.2 Å². The summed E-state index contributed by atoms with van der Waals surface area (Å²) < 4.78 is 5.02. The minimum absolute atomic E-state index is 0.108. The number of amides is 1. The van der Waals surface area contributed by atoms with E-state index in [1.807, 2.05) is 0 Å². The number of rotatable bonds is 6. The number of halogens is 1. The molecular weight excluding hydrogens is 252 g/mol. The van der Waals surface area contributed by atoms with E-state index in [1.54, 1.807) is 30.2 Å². The van der Waals surface area contributed by atoms with Crippen LogP contribution in [0.4, 0.5) is 0 Å². The number of hydrogen-bond donors (Lipinski definition) is 0. The molecule has 5 heteroatoms. The van der Waals surface area contributed by atoms with Gasteiger partial charge in [-0.1, -0.05) is 31.5 Å². The number of hydrogen-bond acceptors (Lipinski definition) is 3. The van der Waals surface area contributed by atoms with Gasteiger partial charge in [-0.05, 0) is 18.1 Å². The summed E-state index contributed by atoms with van der Waals surface area (Å²) in [5.74, 6) is 0.285. The number of carbonyl (C=O) groups is 1. The third-order valence-corrected chi connectivity index (χ3v) is 2.58. The molecule has 1 heterocycles. The second-order valence-corrected chi connectivity index (χ2v) is 4.87. The Morgan fingerprint density at radius 2 is 2.22 bits per heavy atom. The van der Waals surface area contributed by atoms with Crippen molar-refractivity contribution in [3.05, 3.63) is 29.0 Å². The molecule has 0 aliphatic rings. The van der Waals surface area contributed by atoms with Crippen LogP contribution in [0.3, 0.4) is 0 Å². The SMILES string of the molecule is COCCN(CC(C)C)C(=O)c1cccc(Cl)n1. The Kier molecular flexibility index (Phi) is 6.09. The van der Waals surface area contributed by atoms with Gasteiger partial charge >= 0.3 is 0 Å². The summed E-state index contributed by atoms with van der Waals surface area (Å²) in [5, 5.41) is 0.331. The summed E-state index contributed by atoms with van der Waals surface area (Å²) in [4.78, 5) is 18.1. The summed E-state index contributed by atoms with van der Waals surface area (Å²) in [5.41, 5.74) is 0.374. The van der Waals surface area contributed by atoms with E-state index in [2.05, 4.69) is 18.8 Å². The van der Waals surface area contributed by atoms with Gasteiger partial charge in [0.1, 0.15) is 10.8 Å². The summed E-state index contributed by atoms with van der Waals surface area (Å²) in [6, 6.07) is 5.06. The van der Waals surface area contributed by atoms with Crippen molar-refractivity contribution >= 4 is 17.5 Å². The van der Waals surface area contributed by atoms with Gasteiger partial charge in [0, 0.05) is 20.2 Å². The molecule has 0 radical (unpaired) electrons. The summed E-state index contributed by atoms with van der Waals surface area (Å²) in [7, 11) is 1.62. The largest absolute Gasteiger partial charge is 0.383 e. The van der Waals surface area contributed by atoms with Crippen molar-refractivity contribution in [2.75, 3.05) is 26.8 Å². The molecule has 1 amide bonds. The van der Waals surface area contributed by atoms with Crippen LogP contribution in [0.5, 0.6) is 0 Å². The van der Waals surface area contributed by atoms with Crippen molar-refractivity contribution in [3.63, 3.8) is 0 Å². The zero-order chi connectivity index (χ0) is 13.5. The fourth-order valence-electron chi connectivity index (χ4n) is 1.61. The predicted molar refractivity (Wildman–Crippen MR) is 71.9 cm³/mol. The highest BCUT2D eigenvalue weighted by Crippen LogP contribution is 2.09. The Hall–Kier alpha value is -1.13. The fourth-order valence-corrected chi connectivity index (χ4v) is 1.77. The van der Waals surface area contributed by atoms with Crippen LogP contribution >= 0.6 is 11.6 Å². The molecular formula is C13H19ClN2O2. The Bertz CT molecular complexity index is 396. The van der Waals surface area contributed by atoms with Gasteiger partial charge < -0.3 is 9.64 Å². The van der Waals surface area contributed by atoms with Gasteiger partial charge in [-0.15, -0.1) is 0 Å².